The number of primary amides is 1. The van der Waals surface area contributed by atoms with Gasteiger partial charge in [0.1, 0.15) is 11.9 Å². The Bertz CT molecular complexity index is 950. The summed E-state index contributed by atoms with van der Waals surface area (Å²) < 4.78 is 0. The van der Waals surface area contributed by atoms with Crippen LogP contribution in [0.25, 0.3) is 10.6 Å². The number of amides is 3. The summed E-state index contributed by atoms with van der Waals surface area (Å²) in [6.45, 7) is 6.04. The molecule has 2 atom stereocenters. The van der Waals surface area contributed by atoms with E-state index < -0.39 is 23.9 Å². The predicted octanol–water partition coefficient (Wildman–Crippen LogP) is 2.26. The van der Waals surface area contributed by atoms with Crippen molar-refractivity contribution in [2.45, 2.75) is 39.2 Å². The molecule has 1 fully saturated rings. The normalized spacial score (nSPS) is 18.9. The summed E-state index contributed by atoms with van der Waals surface area (Å²) in [6, 6.07) is 2.61. The van der Waals surface area contributed by atoms with E-state index in [9.17, 15) is 9.59 Å². The number of carbonyl (C=O) groups is 2. The van der Waals surface area contributed by atoms with E-state index in [1.165, 1.54) is 16.2 Å². The first-order valence-corrected chi connectivity index (χ1v) is 9.69. The van der Waals surface area contributed by atoms with Gasteiger partial charge in [-0.05, 0) is 19.4 Å². The number of aryl methyl sites for hydroxylation is 1. The number of hydrogen-bond donors (Lipinski definition) is 2. The molecule has 0 aromatic carbocycles. The van der Waals surface area contributed by atoms with E-state index in [0.717, 1.165) is 22.1 Å². The molecule has 0 bridgehead atoms. The molecule has 3 heterocycles. The molecule has 0 aliphatic carbocycles. The van der Waals surface area contributed by atoms with E-state index in [-0.39, 0.29) is 18.9 Å². The van der Waals surface area contributed by atoms with Gasteiger partial charge < -0.3 is 10.6 Å². The number of nitriles is 1. The van der Waals surface area contributed by atoms with Gasteiger partial charge in [0, 0.05) is 18.7 Å². The minimum Gasteiger partial charge on any atom is -0.368 e. The summed E-state index contributed by atoms with van der Waals surface area (Å²) >= 11 is 1.30. The zero-order chi connectivity index (χ0) is 20.4. The Morgan fingerprint density at radius 3 is 2.82 bits per heavy atom. The van der Waals surface area contributed by atoms with Crippen molar-refractivity contribution in [1.82, 2.24) is 19.9 Å². The molecule has 0 spiro atoms. The van der Waals surface area contributed by atoms with E-state index in [1.807, 2.05) is 20.8 Å². The molecule has 3 N–H and O–H groups in total. The molecule has 0 radical (unpaired) electrons. The highest BCUT2D eigenvalue weighted by Gasteiger charge is 2.39. The fourth-order valence-electron chi connectivity index (χ4n) is 3.05. The van der Waals surface area contributed by atoms with Crippen molar-refractivity contribution in [1.29, 1.82) is 5.26 Å². The molecule has 1 saturated heterocycles. The second-order valence-electron chi connectivity index (χ2n) is 6.95. The van der Waals surface area contributed by atoms with Crippen LogP contribution in [0.5, 0.6) is 0 Å². The van der Waals surface area contributed by atoms with Gasteiger partial charge in [-0.15, -0.1) is 0 Å². The number of aromatic nitrogens is 3. The highest BCUT2D eigenvalue weighted by molar-refractivity contribution is 7.19. The number of carbonyl (C=O) groups excluding carboxylic acids is 2. The fourth-order valence-corrected chi connectivity index (χ4v) is 3.98. The molecule has 146 valence electrons. The van der Waals surface area contributed by atoms with E-state index in [4.69, 9.17) is 11.0 Å². The summed E-state index contributed by atoms with van der Waals surface area (Å²) in [5.74, 6) is -0.0976. The predicted molar refractivity (Wildman–Crippen MR) is 104 cm³/mol. The lowest BCUT2D eigenvalue weighted by Crippen LogP contribution is -2.45. The average Bonchev–Trinajstić information content (AvgIpc) is 3.25. The van der Waals surface area contributed by atoms with Crippen LogP contribution in [0.1, 0.15) is 37.7 Å². The first-order valence-electron chi connectivity index (χ1n) is 8.87. The Hall–Kier alpha value is -3.06. The van der Waals surface area contributed by atoms with Gasteiger partial charge in [-0.1, -0.05) is 25.2 Å². The van der Waals surface area contributed by atoms with Gasteiger partial charge in [-0.3, -0.25) is 10.1 Å². The molecular formula is C18H21N7O2S. The first-order chi connectivity index (χ1) is 13.3. The molecule has 10 heteroatoms. The smallest absolute Gasteiger partial charge is 0.324 e. The highest BCUT2D eigenvalue weighted by Crippen LogP contribution is 2.32. The zero-order valence-corrected chi connectivity index (χ0v) is 16.7. The van der Waals surface area contributed by atoms with E-state index in [1.54, 1.807) is 12.3 Å². The van der Waals surface area contributed by atoms with E-state index in [2.05, 4.69) is 26.3 Å². The van der Waals surface area contributed by atoms with E-state index in [0.29, 0.717) is 5.13 Å². The molecular weight excluding hydrogens is 378 g/mol. The monoisotopic (exact) mass is 399 g/mol. The lowest BCUT2D eigenvalue weighted by Gasteiger charge is -2.21. The van der Waals surface area contributed by atoms with Crippen LogP contribution >= 0.6 is 11.3 Å². The molecule has 3 rings (SSSR count). The van der Waals surface area contributed by atoms with Crippen LogP contribution < -0.4 is 11.1 Å². The maximum atomic E-state index is 12.6. The fraction of sp³-hybridized carbons (Fsp3) is 0.444. The van der Waals surface area contributed by atoms with Crippen molar-refractivity contribution in [3.8, 4) is 16.6 Å². The molecule has 2 aromatic heterocycles. The summed E-state index contributed by atoms with van der Waals surface area (Å²) in [7, 11) is 0. The standard InChI is InChI=1S/C18H21N7O2S/c1-9(2)16-21-5-4-12(23-16)14-10(3)22-17(28-14)24-18(27)25-8-11(7-19)6-13(25)15(20)26/h4-5,9,11,13H,6,8H2,1-3H3,(H2,20,26)(H,22,24,27)/t11-,13-/m0/s1. The minimum atomic E-state index is -0.791. The van der Waals surface area contributed by atoms with Crippen LogP contribution in [0.3, 0.4) is 0 Å². The van der Waals surface area contributed by atoms with Crippen LogP contribution in [0.2, 0.25) is 0 Å². The minimum absolute atomic E-state index is 0.164. The lowest BCUT2D eigenvalue weighted by molar-refractivity contribution is -0.121. The third-order valence-electron chi connectivity index (χ3n) is 4.51. The van der Waals surface area contributed by atoms with Gasteiger partial charge in [0.05, 0.1) is 28.3 Å². The molecule has 0 saturated carbocycles. The Labute approximate surface area is 166 Å². The summed E-state index contributed by atoms with van der Waals surface area (Å²) in [5, 5.41) is 12.2. The summed E-state index contributed by atoms with van der Waals surface area (Å²) in [5.41, 5.74) is 6.86. The number of thiazole rings is 1. The third-order valence-corrected chi connectivity index (χ3v) is 5.60. The van der Waals surface area contributed by atoms with Crippen molar-refractivity contribution in [2.24, 2.45) is 11.7 Å². The largest absolute Gasteiger partial charge is 0.368 e. The lowest BCUT2D eigenvalue weighted by atomic mass is 10.1. The summed E-state index contributed by atoms with van der Waals surface area (Å²) in [4.78, 5) is 39.6. The molecule has 28 heavy (non-hydrogen) atoms. The number of anilines is 1. The van der Waals surface area contributed by atoms with Gasteiger partial charge >= 0.3 is 6.03 Å². The number of likely N-dealkylation sites (tertiary alicyclic amines) is 1. The zero-order valence-electron chi connectivity index (χ0n) is 15.8. The van der Waals surface area contributed by atoms with Crippen molar-refractivity contribution in [2.75, 3.05) is 11.9 Å². The second-order valence-corrected chi connectivity index (χ2v) is 7.95. The third kappa shape index (κ3) is 3.94. The molecule has 3 amide bonds. The maximum absolute atomic E-state index is 12.6. The molecule has 0 unspecified atom stereocenters. The molecule has 1 aliphatic heterocycles. The average molecular weight is 399 g/mol. The molecule has 1 aliphatic rings. The van der Waals surface area contributed by atoms with E-state index >= 15 is 0 Å². The van der Waals surface area contributed by atoms with Gasteiger partial charge in [-0.2, -0.15) is 5.26 Å². The Morgan fingerprint density at radius 1 is 1.43 bits per heavy atom. The Kier molecular flexibility index (Phi) is 5.56. The van der Waals surface area contributed by atoms with Gasteiger partial charge in [-0.25, -0.2) is 19.7 Å². The SMILES string of the molecule is Cc1nc(NC(=O)N2C[C@H](C#N)C[C@H]2C(N)=O)sc1-c1ccnc(C(C)C)n1. The Balaban J connectivity index is 1.80. The molecule has 9 nitrogen and oxygen atoms in total. The van der Waals surface area contributed by atoms with Gasteiger partial charge in [0.15, 0.2) is 5.13 Å². The number of nitrogens with zero attached hydrogens (tertiary/aromatic N) is 5. The number of rotatable bonds is 4. The Morgan fingerprint density at radius 2 is 2.18 bits per heavy atom. The van der Waals surface area contributed by atoms with Crippen LogP contribution in [-0.4, -0.2) is 44.4 Å². The van der Waals surface area contributed by atoms with Crippen molar-refractivity contribution >= 4 is 28.4 Å². The van der Waals surface area contributed by atoms with Crippen molar-refractivity contribution in [3.05, 3.63) is 23.8 Å². The van der Waals surface area contributed by atoms with Gasteiger partial charge in [0.25, 0.3) is 0 Å². The number of hydrogen-bond acceptors (Lipinski definition) is 7. The quantitative estimate of drug-likeness (QED) is 0.809. The van der Waals surface area contributed by atoms with Gasteiger partial charge in [0.2, 0.25) is 5.91 Å². The van der Waals surface area contributed by atoms with Crippen LogP contribution in [0, 0.1) is 24.2 Å². The highest BCUT2D eigenvalue weighted by atomic mass is 32.1. The number of urea groups is 1. The summed E-state index contributed by atoms with van der Waals surface area (Å²) in [6.07, 6.45) is 1.96. The number of nitrogens with two attached hydrogens (primary N) is 1. The number of nitrogens with one attached hydrogen (secondary N) is 1. The topological polar surface area (TPSA) is 138 Å². The van der Waals surface area contributed by atoms with Crippen LogP contribution in [0.4, 0.5) is 9.93 Å². The molecule has 2 aromatic rings. The second kappa shape index (κ2) is 7.90. The maximum Gasteiger partial charge on any atom is 0.324 e. The van der Waals surface area contributed by atoms with Crippen LogP contribution in [-0.2, 0) is 4.79 Å². The van der Waals surface area contributed by atoms with Crippen molar-refractivity contribution < 1.29 is 9.59 Å². The first kappa shape index (κ1) is 19.7. The van der Waals surface area contributed by atoms with Crippen molar-refractivity contribution in [3.63, 3.8) is 0 Å². The van der Waals surface area contributed by atoms with Crippen LogP contribution in [0.15, 0.2) is 12.3 Å².